The fraction of sp³-hybridized carbons (Fsp3) is 0.533. The lowest BCUT2D eigenvalue weighted by Crippen LogP contribution is -2.63. The summed E-state index contributed by atoms with van der Waals surface area (Å²) in [6, 6.07) is 3.49. The molecular formula is C15H21NO3. The van der Waals surface area contributed by atoms with Crippen LogP contribution >= 0.6 is 0 Å². The second kappa shape index (κ2) is 4.94. The average molecular weight is 263 g/mol. The number of ether oxygens (including phenoxy) is 1. The summed E-state index contributed by atoms with van der Waals surface area (Å²) >= 11 is 0. The highest BCUT2D eigenvalue weighted by Gasteiger charge is 2.50. The van der Waals surface area contributed by atoms with Gasteiger partial charge in [-0.05, 0) is 50.1 Å². The Labute approximate surface area is 113 Å². The minimum absolute atomic E-state index is 0.453. The second-order valence-corrected chi connectivity index (χ2v) is 5.39. The number of carboxylic acid groups (broad SMARTS) is 1. The molecule has 104 valence electrons. The molecule has 0 amide bonds. The fourth-order valence-electron chi connectivity index (χ4n) is 2.93. The Balaban J connectivity index is 2.53. The number of carboxylic acids is 1. The number of hydrogen-bond acceptors (Lipinski definition) is 3. The van der Waals surface area contributed by atoms with E-state index >= 15 is 0 Å². The molecule has 0 radical (unpaired) electrons. The number of benzene rings is 1. The molecule has 0 bridgehead atoms. The van der Waals surface area contributed by atoms with Crippen molar-refractivity contribution < 1.29 is 14.6 Å². The van der Waals surface area contributed by atoms with Crippen molar-refractivity contribution in [3.63, 3.8) is 0 Å². The van der Waals surface area contributed by atoms with Gasteiger partial charge in [-0.25, -0.2) is 0 Å². The molecule has 4 heteroatoms. The minimum atomic E-state index is -0.830. The highest BCUT2D eigenvalue weighted by Crippen LogP contribution is 2.39. The maximum atomic E-state index is 11.5. The number of nitrogens with one attached hydrogen (secondary N) is 1. The molecule has 1 atom stereocenters. The van der Waals surface area contributed by atoms with Crippen LogP contribution in [0.25, 0.3) is 0 Å². The van der Waals surface area contributed by atoms with Crippen molar-refractivity contribution in [3.8, 4) is 0 Å². The third kappa shape index (κ3) is 2.05. The van der Waals surface area contributed by atoms with Crippen molar-refractivity contribution >= 4 is 5.97 Å². The molecule has 1 fully saturated rings. The molecule has 19 heavy (non-hydrogen) atoms. The van der Waals surface area contributed by atoms with E-state index in [-0.39, 0.29) is 0 Å². The van der Waals surface area contributed by atoms with E-state index in [0.29, 0.717) is 13.2 Å². The summed E-state index contributed by atoms with van der Waals surface area (Å²) in [5.41, 5.74) is 4.26. The van der Waals surface area contributed by atoms with Gasteiger partial charge in [-0.3, -0.25) is 4.79 Å². The third-order valence-electron chi connectivity index (χ3n) is 4.40. The lowest BCUT2D eigenvalue weighted by Gasteiger charge is -2.46. The molecule has 1 aromatic rings. The van der Waals surface area contributed by atoms with E-state index < -0.39 is 17.4 Å². The first-order valence-electron chi connectivity index (χ1n) is 6.49. The first kappa shape index (κ1) is 14.0. The van der Waals surface area contributed by atoms with E-state index in [1.807, 2.05) is 6.07 Å². The van der Waals surface area contributed by atoms with Crippen LogP contribution in [-0.2, 0) is 14.9 Å². The monoisotopic (exact) mass is 263 g/mol. The second-order valence-electron chi connectivity index (χ2n) is 5.39. The topological polar surface area (TPSA) is 58.6 Å². The SMILES string of the molecule is CNC(C(=O)O)C1(c2ccc(C)c(C)c2C)COC1. The highest BCUT2D eigenvalue weighted by molar-refractivity contribution is 5.77. The zero-order chi connectivity index (χ0) is 14.2. The van der Waals surface area contributed by atoms with Crippen LogP contribution in [0.5, 0.6) is 0 Å². The largest absolute Gasteiger partial charge is 0.480 e. The Bertz CT molecular complexity index is 506. The van der Waals surface area contributed by atoms with E-state index in [9.17, 15) is 9.90 Å². The molecule has 0 spiro atoms. The molecule has 1 heterocycles. The highest BCUT2D eigenvalue weighted by atomic mass is 16.5. The number of carbonyl (C=O) groups is 1. The summed E-state index contributed by atoms with van der Waals surface area (Å²) in [7, 11) is 1.69. The Morgan fingerprint density at radius 2 is 1.95 bits per heavy atom. The van der Waals surface area contributed by atoms with E-state index in [1.54, 1.807) is 7.05 Å². The summed E-state index contributed by atoms with van der Waals surface area (Å²) in [5, 5.41) is 12.4. The first-order chi connectivity index (χ1) is 8.94. The summed E-state index contributed by atoms with van der Waals surface area (Å²) < 4.78 is 5.35. The standard InChI is InChI=1S/C15H21NO3/c1-9-5-6-12(11(3)10(9)2)15(7-19-8-15)13(16-4)14(17)18/h5-6,13,16H,7-8H2,1-4H3,(H,17,18). The number of hydrogen-bond donors (Lipinski definition) is 2. The zero-order valence-electron chi connectivity index (χ0n) is 11.9. The van der Waals surface area contributed by atoms with E-state index in [4.69, 9.17) is 4.74 Å². The van der Waals surface area contributed by atoms with Gasteiger partial charge in [0, 0.05) is 0 Å². The number of rotatable bonds is 4. The van der Waals surface area contributed by atoms with E-state index in [0.717, 1.165) is 5.56 Å². The lowest BCUT2D eigenvalue weighted by molar-refractivity contribution is -0.150. The maximum Gasteiger partial charge on any atom is 0.321 e. The summed E-state index contributed by atoms with van der Waals surface area (Å²) in [6.07, 6.45) is 0. The fourth-order valence-corrected chi connectivity index (χ4v) is 2.93. The quantitative estimate of drug-likeness (QED) is 0.865. The van der Waals surface area contributed by atoms with Crippen LogP contribution in [0.4, 0.5) is 0 Å². The zero-order valence-corrected chi connectivity index (χ0v) is 11.9. The lowest BCUT2D eigenvalue weighted by atomic mass is 9.70. The van der Waals surface area contributed by atoms with Crippen LogP contribution in [0, 0.1) is 20.8 Å². The van der Waals surface area contributed by atoms with Gasteiger partial charge in [0.25, 0.3) is 0 Å². The minimum Gasteiger partial charge on any atom is -0.480 e. The van der Waals surface area contributed by atoms with E-state index in [2.05, 4.69) is 32.2 Å². The molecule has 2 rings (SSSR count). The summed E-state index contributed by atoms with van der Waals surface area (Å²) in [5.74, 6) is -0.830. The van der Waals surface area contributed by atoms with Gasteiger partial charge >= 0.3 is 5.97 Å². The summed E-state index contributed by atoms with van der Waals surface area (Å²) in [6.45, 7) is 7.12. The molecule has 0 aliphatic carbocycles. The molecule has 1 saturated heterocycles. The van der Waals surface area contributed by atoms with Crippen molar-refractivity contribution in [1.82, 2.24) is 5.32 Å². The molecule has 0 aromatic heterocycles. The van der Waals surface area contributed by atoms with Crippen LogP contribution < -0.4 is 5.32 Å². The molecule has 4 nitrogen and oxygen atoms in total. The Kier molecular flexibility index (Phi) is 3.65. The van der Waals surface area contributed by atoms with Crippen LogP contribution in [0.1, 0.15) is 22.3 Å². The maximum absolute atomic E-state index is 11.5. The predicted molar refractivity (Wildman–Crippen MR) is 73.6 cm³/mol. The van der Waals surface area contributed by atoms with Gasteiger partial charge < -0.3 is 15.2 Å². The first-order valence-corrected chi connectivity index (χ1v) is 6.49. The Hall–Kier alpha value is -1.39. The van der Waals surface area contributed by atoms with Gasteiger partial charge in [0.2, 0.25) is 0 Å². The van der Waals surface area contributed by atoms with Gasteiger partial charge in [0.15, 0.2) is 0 Å². The molecular weight excluding hydrogens is 242 g/mol. The normalized spacial score (nSPS) is 18.7. The van der Waals surface area contributed by atoms with Crippen molar-refractivity contribution in [2.24, 2.45) is 0 Å². The molecule has 1 aliphatic heterocycles. The van der Waals surface area contributed by atoms with Gasteiger partial charge in [-0.2, -0.15) is 0 Å². The van der Waals surface area contributed by atoms with Crippen LogP contribution in [-0.4, -0.2) is 37.4 Å². The smallest absolute Gasteiger partial charge is 0.321 e. The van der Waals surface area contributed by atoms with Gasteiger partial charge in [-0.15, -0.1) is 0 Å². The van der Waals surface area contributed by atoms with Gasteiger partial charge in [0.05, 0.1) is 18.6 Å². The molecule has 2 N–H and O–H groups in total. The number of likely N-dealkylation sites (N-methyl/N-ethyl adjacent to an activating group) is 1. The van der Waals surface area contributed by atoms with Crippen molar-refractivity contribution in [2.45, 2.75) is 32.2 Å². The summed E-state index contributed by atoms with van der Waals surface area (Å²) in [4.78, 5) is 11.5. The molecule has 1 aliphatic rings. The number of aliphatic carboxylic acids is 1. The van der Waals surface area contributed by atoms with Crippen molar-refractivity contribution in [2.75, 3.05) is 20.3 Å². The van der Waals surface area contributed by atoms with Gasteiger partial charge in [-0.1, -0.05) is 12.1 Å². The number of aryl methyl sites for hydroxylation is 1. The molecule has 1 aromatic carbocycles. The Morgan fingerprint density at radius 3 is 2.37 bits per heavy atom. The van der Waals surface area contributed by atoms with Crippen molar-refractivity contribution in [3.05, 3.63) is 34.4 Å². The van der Waals surface area contributed by atoms with Crippen LogP contribution in [0.3, 0.4) is 0 Å². The van der Waals surface area contributed by atoms with E-state index in [1.165, 1.54) is 16.7 Å². The van der Waals surface area contributed by atoms with Crippen molar-refractivity contribution in [1.29, 1.82) is 0 Å². The van der Waals surface area contributed by atoms with Crippen LogP contribution in [0.15, 0.2) is 12.1 Å². The third-order valence-corrected chi connectivity index (χ3v) is 4.40. The van der Waals surface area contributed by atoms with Crippen LogP contribution in [0.2, 0.25) is 0 Å². The van der Waals surface area contributed by atoms with Gasteiger partial charge in [0.1, 0.15) is 6.04 Å². The average Bonchev–Trinajstić information content (AvgIpc) is 2.31. The molecule has 0 saturated carbocycles. The molecule has 1 unspecified atom stereocenters. The predicted octanol–water partition coefficient (Wildman–Crippen LogP) is 1.55. The Morgan fingerprint density at radius 1 is 1.32 bits per heavy atom.